The zero-order chi connectivity index (χ0) is 18.4. The third kappa shape index (κ3) is 4.97. The summed E-state index contributed by atoms with van der Waals surface area (Å²) in [5, 5.41) is 7.67. The van der Waals surface area contributed by atoms with E-state index in [1.165, 1.54) is 11.8 Å². The normalized spacial score (nSPS) is 10.3. The quantitative estimate of drug-likeness (QED) is 0.572. The Hall–Kier alpha value is -2.57. The van der Waals surface area contributed by atoms with Gasteiger partial charge in [-0.25, -0.2) is 0 Å². The summed E-state index contributed by atoms with van der Waals surface area (Å²) in [6, 6.07) is 18.8. The van der Waals surface area contributed by atoms with Crippen LogP contribution in [-0.4, -0.2) is 11.8 Å². The third-order valence-electron chi connectivity index (χ3n) is 3.52. The minimum Gasteiger partial charge on any atom is -0.326 e. The van der Waals surface area contributed by atoms with Gasteiger partial charge in [0.15, 0.2) is 0 Å². The summed E-state index contributed by atoms with van der Waals surface area (Å²) in [6.45, 7) is 1.45. The Morgan fingerprint density at radius 3 is 2.46 bits per heavy atom. The standard InChI is InChI=1S/C20H18N2O2S2/c1-14(23)21-15-6-4-7-16(12-15)22-20(24)18-9-2-3-10-19(18)26-13-17-8-5-11-25-17/h2-12H,13H2,1H3,(H,21,23)(H,22,24). The van der Waals surface area contributed by atoms with Gasteiger partial charge in [0.05, 0.1) is 5.56 Å². The topological polar surface area (TPSA) is 58.2 Å². The van der Waals surface area contributed by atoms with E-state index in [-0.39, 0.29) is 11.8 Å². The smallest absolute Gasteiger partial charge is 0.256 e. The predicted octanol–water partition coefficient (Wildman–Crippen LogP) is 5.25. The maximum atomic E-state index is 12.7. The lowest BCUT2D eigenvalue weighted by Gasteiger charge is -2.11. The van der Waals surface area contributed by atoms with E-state index in [1.54, 1.807) is 47.4 Å². The summed E-state index contributed by atoms with van der Waals surface area (Å²) in [4.78, 5) is 26.1. The number of anilines is 2. The van der Waals surface area contributed by atoms with Crippen LogP contribution in [0.2, 0.25) is 0 Å². The van der Waals surface area contributed by atoms with Gasteiger partial charge >= 0.3 is 0 Å². The molecule has 132 valence electrons. The summed E-state index contributed by atoms with van der Waals surface area (Å²) in [5.41, 5.74) is 1.92. The van der Waals surface area contributed by atoms with Crippen LogP contribution in [0, 0.1) is 0 Å². The zero-order valence-corrected chi connectivity index (χ0v) is 15.8. The van der Waals surface area contributed by atoms with Crippen molar-refractivity contribution < 1.29 is 9.59 Å². The average molecular weight is 383 g/mol. The van der Waals surface area contributed by atoms with E-state index in [1.807, 2.05) is 30.3 Å². The number of hydrogen-bond donors (Lipinski definition) is 2. The second kappa shape index (κ2) is 8.69. The van der Waals surface area contributed by atoms with Gasteiger partial charge in [-0.15, -0.1) is 23.1 Å². The molecule has 0 aliphatic rings. The molecule has 2 amide bonds. The van der Waals surface area contributed by atoms with Crippen molar-refractivity contribution >= 4 is 46.3 Å². The van der Waals surface area contributed by atoms with Gasteiger partial charge in [-0.3, -0.25) is 9.59 Å². The molecule has 0 bridgehead atoms. The SMILES string of the molecule is CC(=O)Nc1cccc(NC(=O)c2ccccc2SCc2cccs2)c1. The van der Waals surface area contributed by atoms with Crippen molar-refractivity contribution in [3.8, 4) is 0 Å². The second-order valence-electron chi connectivity index (χ2n) is 5.58. The molecule has 0 spiro atoms. The molecule has 0 atom stereocenters. The van der Waals surface area contributed by atoms with E-state index in [0.717, 1.165) is 10.6 Å². The number of hydrogen-bond acceptors (Lipinski definition) is 4. The molecular formula is C20H18N2O2S2. The third-order valence-corrected chi connectivity index (χ3v) is 5.70. The first-order valence-corrected chi connectivity index (χ1v) is 9.91. The van der Waals surface area contributed by atoms with Crippen LogP contribution < -0.4 is 10.6 Å². The van der Waals surface area contributed by atoms with Crippen molar-refractivity contribution in [2.24, 2.45) is 0 Å². The van der Waals surface area contributed by atoms with Gasteiger partial charge in [-0.05, 0) is 41.8 Å². The van der Waals surface area contributed by atoms with Crippen LogP contribution in [0.5, 0.6) is 0 Å². The van der Waals surface area contributed by atoms with Crippen LogP contribution in [0.25, 0.3) is 0 Å². The number of rotatable bonds is 6. The summed E-state index contributed by atoms with van der Waals surface area (Å²) in [7, 11) is 0. The van der Waals surface area contributed by atoms with Crippen molar-refractivity contribution in [1.82, 2.24) is 0 Å². The van der Waals surface area contributed by atoms with E-state index in [0.29, 0.717) is 16.9 Å². The second-order valence-corrected chi connectivity index (χ2v) is 7.63. The highest BCUT2D eigenvalue weighted by molar-refractivity contribution is 7.98. The molecule has 0 saturated heterocycles. The monoisotopic (exact) mass is 382 g/mol. The van der Waals surface area contributed by atoms with Crippen LogP contribution in [0.1, 0.15) is 22.2 Å². The summed E-state index contributed by atoms with van der Waals surface area (Å²) in [6.07, 6.45) is 0. The Labute approximate surface area is 160 Å². The van der Waals surface area contributed by atoms with E-state index in [9.17, 15) is 9.59 Å². The first-order valence-electron chi connectivity index (χ1n) is 8.05. The number of thioether (sulfide) groups is 1. The molecule has 0 unspecified atom stereocenters. The maximum Gasteiger partial charge on any atom is 0.256 e. The molecule has 26 heavy (non-hydrogen) atoms. The highest BCUT2D eigenvalue weighted by Crippen LogP contribution is 2.28. The Balaban J connectivity index is 1.72. The fourth-order valence-corrected chi connectivity index (χ4v) is 4.22. The fraction of sp³-hybridized carbons (Fsp3) is 0.100. The Kier molecular flexibility index (Phi) is 6.09. The molecule has 0 aliphatic carbocycles. The summed E-state index contributed by atoms with van der Waals surface area (Å²) < 4.78 is 0. The number of carbonyl (C=O) groups is 2. The predicted molar refractivity (Wildman–Crippen MR) is 109 cm³/mol. The highest BCUT2D eigenvalue weighted by atomic mass is 32.2. The van der Waals surface area contributed by atoms with Crippen molar-refractivity contribution in [3.05, 3.63) is 76.5 Å². The molecule has 6 heteroatoms. The largest absolute Gasteiger partial charge is 0.326 e. The number of nitrogens with one attached hydrogen (secondary N) is 2. The first kappa shape index (κ1) is 18.2. The van der Waals surface area contributed by atoms with E-state index in [2.05, 4.69) is 22.1 Å². The molecule has 2 aromatic carbocycles. The average Bonchev–Trinajstić information content (AvgIpc) is 3.13. The van der Waals surface area contributed by atoms with Crippen LogP contribution in [0.15, 0.2) is 70.9 Å². The van der Waals surface area contributed by atoms with Gasteiger partial charge in [0.25, 0.3) is 5.91 Å². The van der Waals surface area contributed by atoms with Gasteiger partial charge in [0.2, 0.25) is 5.91 Å². The van der Waals surface area contributed by atoms with Gasteiger partial charge in [0, 0.05) is 33.8 Å². The number of carbonyl (C=O) groups excluding carboxylic acids is 2. The molecule has 0 aliphatic heterocycles. The van der Waals surface area contributed by atoms with Gasteiger partial charge in [-0.2, -0.15) is 0 Å². The van der Waals surface area contributed by atoms with Crippen molar-refractivity contribution in [3.63, 3.8) is 0 Å². The summed E-state index contributed by atoms with van der Waals surface area (Å²) in [5.74, 6) is 0.517. The van der Waals surface area contributed by atoms with Gasteiger partial charge < -0.3 is 10.6 Å². The minimum absolute atomic E-state index is 0.149. The minimum atomic E-state index is -0.167. The zero-order valence-electron chi connectivity index (χ0n) is 14.2. The highest BCUT2D eigenvalue weighted by Gasteiger charge is 2.12. The lowest BCUT2D eigenvalue weighted by atomic mass is 10.2. The lowest BCUT2D eigenvalue weighted by molar-refractivity contribution is -0.114. The Morgan fingerprint density at radius 1 is 0.962 bits per heavy atom. The van der Waals surface area contributed by atoms with Crippen LogP contribution >= 0.6 is 23.1 Å². The van der Waals surface area contributed by atoms with E-state index < -0.39 is 0 Å². The van der Waals surface area contributed by atoms with Crippen molar-refractivity contribution in [2.45, 2.75) is 17.6 Å². The molecular weight excluding hydrogens is 364 g/mol. The van der Waals surface area contributed by atoms with E-state index >= 15 is 0 Å². The number of thiophene rings is 1. The molecule has 3 aromatic rings. The molecule has 0 fully saturated rings. The van der Waals surface area contributed by atoms with E-state index in [4.69, 9.17) is 0 Å². The molecule has 2 N–H and O–H groups in total. The molecule has 1 heterocycles. The molecule has 0 radical (unpaired) electrons. The van der Waals surface area contributed by atoms with Crippen molar-refractivity contribution in [2.75, 3.05) is 10.6 Å². The number of benzene rings is 2. The first-order chi connectivity index (χ1) is 12.6. The molecule has 1 aromatic heterocycles. The summed E-state index contributed by atoms with van der Waals surface area (Å²) >= 11 is 3.36. The van der Waals surface area contributed by atoms with Crippen molar-refractivity contribution in [1.29, 1.82) is 0 Å². The van der Waals surface area contributed by atoms with Gasteiger partial charge in [-0.1, -0.05) is 24.3 Å². The van der Waals surface area contributed by atoms with Crippen LogP contribution in [-0.2, 0) is 10.5 Å². The maximum absolute atomic E-state index is 12.7. The molecule has 3 rings (SSSR count). The van der Waals surface area contributed by atoms with Crippen LogP contribution in [0.3, 0.4) is 0 Å². The molecule has 0 saturated carbocycles. The Bertz CT molecular complexity index is 908. The molecule has 4 nitrogen and oxygen atoms in total. The Morgan fingerprint density at radius 2 is 1.73 bits per heavy atom. The fourth-order valence-electron chi connectivity index (χ4n) is 2.40. The number of amides is 2. The van der Waals surface area contributed by atoms with Crippen LogP contribution in [0.4, 0.5) is 11.4 Å². The van der Waals surface area contributed by atoms with Gasteiger partial charge in [0.1, 0.15) is 0 Å². The lowest BCUT2D eigenvalue weighted by Crippen LogP contribution is -2.13.